The fourth-order valence-electron chi connectivity index (χ4n) is 2.82. The summed E-state index contributed by atoms with van der Waals surface area (Å²) in [6, 6.07) is 15.5. The van der Waals surface area contributed by atoms with Crippen molar-refractivity contribution in [2.75, 3.05) is 6.54 Å². The van der Waals surface area contributed by atoms with E-state index >= 15 is 0 Å². The van der Waals surface area contributed by atoms with Gasteiger partial charge in [-0.05, 0) is 61.7 Å². The molecule has 0 aliphatic carbocycles. The van der Waals surface area contributed by atoms with E-state index in [0.717, 1.165) is 29.8 Å². The summed E-state index contributed by atoms with van der Waals surface area (Å²) in [6.07, 6.45) is 3.56. The number of aromatic nitrogens is 2. The second-order valence-electron chi connectivity index (χ2n) is 6.28. The third-order valence-corrected chi connectivity index (χ3v) is 4.27. The van der Waals surface area contributed by atoms with Crippen molar-refractivity contribution in [1.29, 1.82) is 0 Å². The number of hydrogen-bond donors (Lipinski definition) is 1. The molecule has 0 radical (unpaired) electrons. The van der Waals surface area contributed by atoms with Gasteiger partial charge in [0.05, 0.1) is 11.4 Å². The largest absolute Gasteiger partial charge is 0.435 e. The first-order valence-corrected chi connectivity index (χ1v) is 8.96. The molecule has 3 aromatic rings. The van der Waals surface area contributed by atoms with Gasteiger partial charge < -0.3 is 10.1 Å². The van der Waals surface area contributed by atoms with Crippen LogP contribution < -0.4 is 10.1 Å². The van der Waals surface area contributed by atoms with E-state index in [-0.39, 0.29) is 11.7 Å². The summed E-state index contributed by atoms with van der Waals surface area (Å²) >= 11 is 0. The first-order chi connectivity index (χ1) is 13.5. The minimum absolute atomic E-state index is 0.0254. The average Bonchev–Trinajstić information content (AvgIpc) is 3.06. The van der Waals surface area contributed by atoms with Crippen LogP contribution in [-0.2, 0) is 6.42 Å². The van der Waals surface area contributed by atoms with Crippen molar-refractivity contribution in [3.05, 3.63) is 77.6 Å². The summed E-state index contributed by atoms with van der Waals surface area (Å²) in [7, 11) is 0. The standard InChI is InChI=1S/C21H21F2N3O2/c1-15-17(14-26(25-15)18-7-3-2-4-8-18)6-5-13-24-20(27)16-9-11-19(12-10-16)28-21(22)23/h2-4,7-12,14,21H,5-6,13H2,1H3,(H,24,27). The highest BCUT2D eigenvalue weighted by Crippen LogP contribution is 2.15. The predicted molar refractivity (Wildman–Crippen MR) is 102 cm³/mol. The minimum Gasteiger partial charge on any atom is -0.435 e. The fraction of sp³-hybridized carbons (Fsp3) is 0.238. The summed E-state index contributed by atoms with van der Waals surface area (Å²) < 4.78 is 30.4. The van der Waals surface area contributed by atoms with Gasteiger partial charge in [-0.25, -0.2) is 4.68 Å². The molecule has 0 fully saturated rings. The van der Waals surface area contributed by atoms with Gasteiger partial charge in [0.2, 0.25) is 0 Å². The molecule has 3 rings (SSSR count). The Hall–Kier alpha value is -3.22. The summed E-state index contributed by atoms with van der Waals surface area (Å²) in [4.78, 5) is 12.1. The number of carbonyl (C=O) groups excluding carboxylic acids is 1. The monoisotopic (exact) mass is 385 g/mol. The lowest BCUT2D eigenvalue weighted by Gasteiger charge is -2.07. The molecule has 0 aliphatic rings. The highest BCUT2D eigenvalue weighted by Gasteiger charge is 2.09. The molecule has 7 heteroatoms. The van der Waals surface area contributed by atoms with Gasteiger partial charge in [-0.1, -0.05) is 18.2 Å². The van der Waals surface area contributed by atoms with Crippen molar-refractivity contribution in [3.8, 4) is 11.4 Å². The molecule has 1 heterocycles. The van der Waals surface area contributed by atoms with E-state index in [2.05, 4.69) is 15.2 Å². The Labute approximate surface area is 161 Å². The first-order valence-electron chi connectivity index (χ1n) is 8.96. The lowest BCUT2D eigenvalue weighted by atomic mass is 10.1. The molecule has 0 atom stereocenters. The highest BCUT2D eigenvalue weighted by molar-refractivity contribution is 5.94. The number of nitrogens with zero attached hydrogens (tertiary/aromatic N) is 2. The quantitative estimate of drug-likeness (QED) is 0.593. The van der Waals surface area contributed by atoms with E-state index in [1.54, 1.807) is 0 Å². The number of benzene rings is 2. The van der Waals surface area contributed by atoms with E-state index in [1.807, 2.05) is 48.1 Å². The average molecular weight is 385 g/mol. The van der Waals surface area contributed by atoms with Crippen LogP contribution in [0.15, 0.2) is 60.8 Å². The number of para-hydroxylation sites is 1. The van der Waals surface area contributed by atoms with Crippen LogP contribution in [0.1, 0.15) is 28.0 Å². The minimum atomic E-state index is -2.88. The molecule has 2 aromatic carbocycles. The van der Waals surface area contributed by atoms with Crippen molar-refractivity contribution in [2.45, 2.75) is 26.4 Å². The Bertz CT molecular complexity index is 909. The molecule has 1 N–H and O–H groups in total. The third kappa shape index (κ3) is 5.16. The number of amides is 1. The second kappa shape index (κ2) is 9.12. The molecular formula is C21H21F2N3O2. The number of hydrogen-bond acceptors (Lipinski definition) is 3. The summed E-state index contributed by atoms with van der Waals surface area (Å²) in [6.45, 7) is -0.408. The van der Waals surface area contributed by atoms with Crippen LogP contribution in [0, 0.1) is 6.92 Å². The Balaban J connectivity index is 1.48. The zero-order chi connectivity index (χ0) is 19.9. The molecule has 0 spiro atoms. The van der Waals surface area contributed by atoms with E-state index < -0.39 is 6.61 Å². The van der Waals surface area contributed by atoms with Gasteiger partial charge in [-0.15, -0.1) is 0 Å². The van der Waals surface area contributed by atoms with Crippen molar-refractivity contribution >= 4 is 5.91 Å². The smallest absolute Gasteiger partial charge is 0.387 e. The summed E-state index contributed by atoms with van der Waals surface area (Å²) in [5, 5.41) is 7.37. The molecule has 0 saturated heterocycles. The number of rotatable bonds is 8. The molecule has 0 bridgehead atoms. The molecule has 1 aromatic heterocycles. The van der Waals surface area contributed by atoms with Crippen LogP contribution in [-0.4, -0.2) is 28.8 Å². The molecular weight excluding hydrogens is 364 g/mol. The molecule has 146 valence electrons. The Morgan fingerprint density at radius 1 is 1.14 bits per heavy atom. The number of halogens is 2. The molecule has 28 heavy (non-hydrogen) atoms. The number of alkyl halides is 2. The fourth-order valence-corrected chi connectivity index (χ4v) is 2.82. The zero-order valence-electron chi connectivity index (χ0n) is 15.4. The summed E-state index contributed by atoms with van der Waals surface area (Å²) in [5.41, 5.74) is 3.50. The molecule has 0 saturated carbocycles. The highest BCUT2D eigenvalue weighted by atomic mass is 19.3. The maximum atomic E-state index is 12.1. The van der Waals surface area contributed by atoms with Gasteiger partial charge in [0.25, 0.3) is 5.91 Å². The van der Waals surface area contributed by atoms with Crippen LogP contribution >= 0.6 is 0 Å². The van der Waals surface area contributed by atoms with Crippen molar-refractivity contribution < 1.29 is 18.3 Å². The van der Waals surface area contributed by atoms with Crippen molar-refractivity contribution in [3.63, 3.8) is 0 Å². The van der Waals surface area contributed by atoms with Gasteiger partial charge >= 0.3 is 6.61 Å². The molecule has 0 unspecified atom stereocenters. The van der Waals surface area contributed by atoms with Crippen LogP contribution in [0.5, 0.6) is 5.75 Å². The van der Waals surface area contributed by atoms with E-state index in [1.165, 1.54) is 24.3 Å². The van der Waals surface area contributed by atoms with Crippen LogP contribution in [0.4, 0.5) is 8.78 Å². The molecule has 5 nitrogen and oxygen atoms in total. The Morgan fingerprint density at radius 2 is 1.86 bits per heavy atom. The van der Waals surface area contributed by atoms with Crippen molar-refractivity contribution in [1.82, 2.24) is 15.1 Å². The second-order valence-corrected chi connectivity index (χ2v) is 6.28. The van der Waals surface area contributed by atoms with E-state index in [4.69, 9.17) is 0 Å². The van der Waals surface area contributed by atoms with Gasteiger partial charge in [0.15, 0.2) is 0 Å². The van der Waals surface area contributed by atoms with Crippen LogP contribution in [0.25, 0.3) is 5.69 Å². The maximum Gasteiger partial charge on any atom is 0.387 e. The topological polar surface area (TPSA) is 56.2 Å². The lowest BCUT2D eigenvalue weighted by Crippen LogP contribution is -2.24. The van der Waals surface area contributed by atoms with Gasteiger partial charge in [-0.2, -0.15) is 13.9 Å². The number of nitrogens with one attached hydrogen (secondary N) is 1. The molecule has 0 aliphatic heterocycles. The Kier molecular flexibility index (Phi) is 6.37. The predicted octanol–water partition coefficient (Wildman–Crippen LogP) is 4.14. The number of carbonyl (C=O) groups is 1. The van der Waals surface area contributed by atoms with Crippen LogP contribution in [0.3, 0.4) is 0 Å². The third-order valence-electron chi connectivity index (χ3n) is 4.27. The maximum absolute atomic E-state index is 12.1. The summed E-state index contributed by atoms with van der Waals surface area (Å²) in [5.74, 6) is -0.224. The molecule has 1 amide bonds. The lowest BCUT2D eigenvalue weighted by molar-refractivity contribution is -0.0498. The van der Waals surface area contributed by atoms with Gasteiger partial charge in [-0.3, -0.25) is 4.79 Å². The van der Waals surface area contributed by atoms with Crippen LogP contribution in [0.2, 0.25) is 0 Å². The van der Waals surface area contributed by atoms with E-state index in [9.17, 15) is 13.6 Å². The van der Waals surface area contributed by atoms with Crippen molar-refractivity contribution in [2.24, 2.45) is 0 Å². The normalized spacial score (nSPS) is 10.9. The zero-order valence-corrected chi connectivity index (χ0v) is 15.4. The SMILES string of the molecule is Cc1nn(-c2ccccc2)cc1CCCNC(=O)c1ccc(OC(F)F)cc1. The first kappa shape index (κ1) is 19.5. The van der Waals surface area contributed by atoms with E-state index in [0.29, 0.717) is 12.1 Å². The van der Waals surface area contributed by atoms with Gasteiger partial charge in [0.1, 0.15) is 5.75 Å². The number of aryl methyl sites for hydroxylation is 2. The number of ether oxygens (including phenoxy) is 1. The Morgan fingerprint density at radius 3 is 2.54 bits per heavy atom. The van der Waals surface area contributed by atoms with Gasteiger partial charge in [0, 0.05) is 18.3 Å².